The van der Waals surface area contributed by atoms with Gasteiger partial charge in [0.05, 0.1) is 12.5 Å². The van der Waals surface area contributed by atoms with Crippen LogP contribution in [-0.2, 0) is 11.3 Å². The Morgan fingerprint density at radius 2 is 2.00 bits per heavy atom. The molecule has 0 radical (unpaired) electrons. The van der Waals surface area contributed by atoms with Gasteiger partial charge in [-0.1, -0.05) is 20.8 Å². The molecule has 0 bridgehead atoms. The smallest absolute Gasteiger partial charge is 0.308 e. The first-order valence-corrected chi connectivity index (χ1v) is 6.76. The van der Waals surface area contributed by atoms with Crippen LogP contribution in [0.1, 0.15) is 27.2 Å². The van der Waals surface area contributed by atoms with Crippen molar-refractivity contribution in [2.45, 2.75) is 33.7 Å². The number of hydrogen-bond acceptors (Lipinski definition) is 5. The van der Waals surface area contributed by atoms with Crippen LogP contribution in [0.2, 0.25) is 0 Å². The van der Waals surface area contributed by atoms with Crippen molar-refractivity contribution < 1.29 is 9.90 Å². The van der Waals surface area contributed by atoms with E-state index in [1.807, 2.05) is 20.8 Å². The number of rotatable bonds is 5. The molecule has 0 aromatic carbocycles. The Kier molecular flexibility index (Phi) is 4.30. The van der Waals surface area contributed by atoms with Gasteiger partial charge in [-0.3, -0.25) is 9.78 Å². The molecule has 2 heterocycles. The van der Waals surface area contributed by atoms with Gasteiger partial charge in [0.15, 0.2) is 5.82 Å². The van der Waals surface area contributed by atoms with Gasteiger partial charge in [0.2, 0.25) is 0 Å². The third-order valence-corrected chi connectivity index (χ3v) is 3.07. The molecule has 1 N–H and O–H groups in total. The molecule has 0 fully saturated rings. The number of carboxylic acid groups (broad SMARTS) is 1. The molecule has 0 aliphatic rings. The molecule has 21 heavy (non-hydrogen) atoms. The molecule has 2 aromatic rings. The van der Waals surface area contributed by atoms with Crippen LogP contribution in [0.5, 0.6) is 0 Å². The summed E-state index contributed by atoms with van der Waals surface area (Å²) in [7, 11) is 0. The number of tetrazole rings is 1. The minimum Gasteiger partial charge on any atom is -0.481 e. The number of pyridine rings is 1. The zero-order valence-corrected chi connectivity index (χ0v) is 12.4. The van der Waals surface area contributed by atoms with Crippen molar-refractivity contribution in [2.75, 3.05) is 0 Å². The largest absolute Gasteiger partial charge is 0.481 e. The quantitative estimate of drug-likeness (QED) is 0.903. The maximum atomic E-state index is 11.5. The monoisotopic (exact) mass is 289 g/mol. The van der Waals surface area contributed by atoms with Crippen LogP contribution >= 0.6 is 0 Å². The minimum atomic E-state index is -0.832. The highest BCUT2D eigenvalue weighted by Gasteiger charge is 2.26. The van der Waals surface area contributed by atoms with E-state index in [2.05, 4.69) is 20.5 Å². The van der Waals surface area contributed by atoms with Gasteiger partial charge in [0, 0.05) is 18.0 Å². The maximum Gasteiger partial charge on any atom is 0.308 e. The van der Waals surface area contributed by atoms with E-state index >= 15 is 0 Å². The van der Waals surface area contributed by atoms with Crippen LogP contribution in [0, 0.1) is 11.3 Å². The molecular formula is C14H19N5O2. The Hall–Kier alpha value is -2.31. The number of carbonyl (C=O) groups is 1. The summed E-state index contributed by atoms with van der Waals surface area (Å²) in [5.74, 6) is -0.812. The zero-order chi connectivity index (χ0) is 15.5. The molecule has 0 spiro atoms. The van der Waals surface area contributed by atoms with Gasteiger partial charge in [0.1, 0.15) is 0 Å². The van der Waals surface area contributed by atoms with Crippen molar-refractivity contribution in [1.29, 1.82) is 0 Å². The van der Waals surface area contributed by atoms with Crippen molar-refractivity contribution >= 4 is 5.97 Å². The normalized spacial score (nSPS) is 13.1. The van der Waals surface area contributed by atoms with E-state index in [1.54, 1.807) is 29.2 Å². The number of aliphatic carboxylic acids is 1. The molecular weight excluding hydrogens is 270 g/mol. The molecule has 7 nitrogen and oxygen atoms in total. The van der Waals surface area contributed by atoms with Crippen LogP contribution in [0.3, 0.4) is 0 Å². The second-order valence-electron chi connectivity index (χ2n) is 6.22. The lowest BCUT2D eigenvalue weighted by atomic mass is 9.84. The number of hydrogen-bond donors (Lipinski definition) is 1. The summed E-state index contributed by atoms with van der Waals surface area (Å²) in [5, 5.41) is 21.0. The fourth-order valence-corrected chi connectivity index (χ4v) is 2.21. The lowest BCUT2D eigenvalue weighted by Crippen LogP contribution is -2.26. The van der Waals surface area contributed by atoms with Crippen molar-refractivity contribution in [3.05, 3.63) is 24.5 Å². The summed E-state index contributed by atoms with van der Waals surface area (Å²) in [5.41, 5.74) is 0.739. The van der Waals surface area contributed by atoms with E-state index in [1.165, 1.54) is 0 Å². The van der Waals surface area contributed by atoms with E-state index in [-0.39, 0.29) is 12.0 Å². The van der Waals surface area contributed by atoms with Gasteiger partial charge in [-0.25, -0.2) is 4.68 Å². The zero-order valence-electron chi connectivity index (χ0n) is 12.4. The summed E-state index contributed by atoms with van der Waals surface area (Å²) in [6.07, 6.45) is 3.86. The molecule has 2 aromatic heterocycles. The molecule has 0 aliphatic carbocycles. The highest BCUT2D eigenvalue weighted by molar-refractivity contribution is 5.70. The average molecular weight is 289 g/mol. The van der Waals surface area contributed by atoms with E-state index in [4.69, 9.17) is 0 Å². The Labute approximate surface area is 123 Å². The predicted octanol–water partition coefficient (Wildman–Crippen LogP) is 1.87. The first-order chi connectivity index (χ1) is 9.87. The fourth-order valence-electron chi connectivity index (χ4n) is 2.21. The summed E-state index contributed by atoms with van der Waals surface area (Å²) in [6, 6.07) is 3.59. The first-order valence-electron chi connectivity index (χ1n) is 6.76. The van der Waals surface area contributed by atoms with E-state index in [9.17, 15) is 9.90 Å². The van der Waals surface area contributed by atoms with Gasteiger partial charge in [-0.2, -0.15) is 0 Å². The number of carboxylic acids is 1. The minimum absolute atomic E-state index is 0.0755. The summed E-state index contributed by atoms with van der Waals surface area (Å²) in [6.45, 7) is 6.31. The lowest BCUT2D eigenvalue weighted by molar-refractivity contribution is -0.143. The fraction of sp³-hybridized carbons (Fsp3) is 0.500. The second kappa shape index (κ2) is 5.99. The Morgan fingerprint density at radius 1 is 1.33 bits per heavy atom. The second-order valence-corrected chi connectivity index (χ2v) is 6.22. The van der Waals surface area contributed by atoms with Crippen molar-refractivity contribution in [2.24, 2.45) is 11.3 Å². The van der Waals surface area contributed by atoms with Crippen molar-refractivity contribution in [3.63, 3.8) is 0 Å². The van der Waals surface area contributed by atoms with Crippen LogP contribution in [0.15, 0.2) is 24.5 Å². The topological polar surface area (TPSA) is 93.8 Å². The average Bonchev–Trinajstić information content (AvgIpc) is 2.85. The van der Waals surface area contributed by atoms with Gasteiger partial charge >= 0.3 is 5.97 Å². The van der Waals surface area contributed by atoms with Crippen LogP contribution < -0.4 is 0 Å². The molecule has 1 unspecified atom stereocenters. The lowest BCUT2D eigenvalue weighted by Gasteiger charge is -2.23. The highest BCUT2D eigenvalue weighted by Crippen LogP contribution is 2.26. The molecule has 112 valence electrons. The predicted molar refractivity (Wildman–Crippen MR) is 76.2 cm³/mol. The van der Waals surface area contributed by atoms with Gasteiger partial charge in [-0.05, 0) is 34.4 Å². The molecule has 0 saturated carbocycles. The summed E-state index contributed by atoms with van der Waals surface area (Å²) in [4.78, 5) is 15.4. The number of aromatic nitrogens is 5. The van der Waals surface area contributed by atoms with Gasteiger partial charge in [0.25, 0.3) is 0 Å². The molecule has 0 saturated heterocycles. The van der Waals surface area contributed by atoms with E-state index < -0.39 is 11.9 Å². The van der Waals surface area contributed by atoms with E-state index in [0.29, 0.717) is 12.2 Å². The summed E-state index contributed by atoms with van der Waals surface area (Å²) >= 11 is 0. The highest BCUT2D eigenvalue weighted by atomic mass is 16.4. The van der Waals surface area contributed by atoms with Crippen LogP contribution in [-0.4, -0.2) is 36.3 Å². The molecule has 2 rings (SSSR count). The third-order valence-electron chi connectivity index (χ3n) is 3.07. The molecule has 1 atom stereocenters. The summed E-state index contributed by atoms with van der Waals surface area (Å²) < 4.78 is 1.54. The third kappa shape index (κ3) is 4.08. The van der Waals surface area contributed by atoms with Crippen LogP contribution in [0.25, 0.3) is 11.4 Å². The Bertz CT molecular complexity index is 603. The number of nitrogens with zero attached hydrogens (tertiary/aromatic N) is 5. The van der Waals surface area contributed by atoms with Crippen LogP contribution in [0.4, 0.5) is 0 Å². The van der Waals surface area contributed by atoms with Crippen molar-refractivity contribution in [3.8, 4) is 11.4 Å². The van der Waals surface area contributed by atoms with Gasteiger partial charge < -0.3 is 5.11 Å². The molecule has 0 aliphatic heterocycles. The first kappa shape index (κ1) is 15.1. The van der Waals surface area contributed by atoms with E-state index in [0.717, 1.165) is 5.56 Å². The SMILES string of the molecule is CC(C)(C)CC(Cn1nnnc1-c1ccncc1)C(=O)O. The van der Waals surface area contributed by atoms with Crippen molar-refractivity contribution in [1.82, 2.24) is 25.2 Å². The standard InChI is InChI=1S/C14H19N5O2/c1-14(2,3)8-11(13(20)21)9-19-12(16-17-18-19)10-4-6-15-7-5-10/h4-7,11H,8-9H2,1-3H3,(H,20,21). The Morgan fingerprint density at radius 3 is 2.57 bits per heavy atom. The maximum absolute atomic E-state index is 11.5. The molecule has 0 amide bonds. The van der Waals surface area contributed by atoms with Gasteiger partial charge in [-0.15, -0.1) is 5.10 Å². The molecule has 7 heteroatoms. The Balaban J connectivity index is 2.23.